The minimum atomic E-state index is -0.273. The van der Waals surface area contributed by atoms with Gasteiger partial charge in [0.25, 0.3) is 0 Å². The maximum Gasteiger partial charge on any atom is 0.224 e. The molecule has 138 valence electrons. The zero-order valence-electron chi connectivity index (χ0n) is 15.1. The summed E-state index contributed by atoms with van der Waals surface area (Å²) in [6.45, 7) is 5.78. The van der Waals surface area contributed by atoms with E-state index in [1.807, 2.05) is 24.8 Å². The molecule has 2 unspecified atom stereocenters. The van der Waals surface area contributed by atoms with Gasteiger partial charge in [-0.15, -0.1) is 0 Å². The summed E-state index contributed by atoms with van der Waals surface area (Å²) in [6, 6.07) is 11.4. The van der Waals surface area contributed by atoms with Crippen molar-refractivity contribution in [2.45, 2.75) is 32.7 Å². The average molecular weight is 358 g/mol. The summed E-state index contributed by atoms with van der Waals surface area (Å²) in [5.74, 6) is -0.508. The summed E-state index contributed by atoms with van der Waals surface area (Å²) in [7, 11) is 0. The number of halogens is 2. The smallest absolute Gasteiger partial charge is 0.224 e. The van der Waals surface area contributed by atoms with Gasteiger partial charge in [-0.3, -0.25) is 4.79 Å². The van der Waals surface area contributed by atoms with Gasteiger partial charge in [0, 0.05) is 25.6 Å². The third-order valence-corrected chi connectivity index (χ3v) is 5.01. The van der Waals surface area contributed by atoms with E-state index < -0.39 is 0 Å². The monoisotopic (exact) mass is 358 g/mol. The number of benzene rings is 2. The van der Waals surface area contributed by atoms with E-state index in [1.165, 1.54) is 18.2 Å². The molecule has 2 atom stereocenters. The van der Waals surface area contributed by atoms with Crippen LogP contribution in [-0.2, 0) is 11.3 Å². The van der Waals surface area contributed by atoms with Crippen LogP contribution < -0.4 is 10.2 Å². The van der Waals surface area contributed by atoms with E-state index in [1.54, 1.807) is 18.2 Å². The van der Waals surface area contributed by atoms with Gasteiger partial charge in [-0.05, 0) is 61.6 Å². The Morgan fingerprint density at radius 2 is 1.81 bits per heavy atom. The highest BCUT2D eigenvalue weighted by Crippen LogP contribution is 2.47. The molecule has 3 rings (SSSR count). The SMILES string of the molecule is CCN(CC)c1ccc(CNC(=O)C2CC2c2ccc(F)cc2)cc1F. The lowest BCUT2D eigenvalue weighted by molar-refractivity contribution is -0.122. The van der Waals surface area contributed by atoms with Crippen LogP contribution in [0.15, 0.2) is 42.5 Å². The highest BCUT2D eigenvalue weighted by molar-refractivity contribution is 5.82. The normalized spacial score (nSPS) is 18.5. The van der Waals surface area contributed by atoms with Crippen LogP contribution in [0.1, 0.15) is 37.3 Å². The van der Waals surface area contributed by atoms with E-state index in [4.69, 9.17) is 0 Å². The molecule has 1 fully saturated rings. The van der Waals surface area contributed by atoms with Crippen LogP contribution >= 0.6 is 0 Å². The maximum absolute atomic E-state index is 14.3. The number of nitrogens with zero attached hydrogens (tertiary/aromatic N) is 1. The van der Waals surface area contributed by atoms with Crippen molar-refractivity contribution in [2.24, 2.45) is 5.92 Å². The van der Waals surface area contributed by atoms with E-state index in [9.17, 15) is 13.6 Å². The van der Waals surface area contributed by atoms with E-state index in [2.05, 4.69) is 5.32 Å². The van der Waals surface area contributed by atoms with Crippen molar-refractivity contribution >= 4 is 11.6 Å². The third-order valence-electron chi connectivity index (χ3n) is 5.01. The molecule has 26 heavy (non-hydrogen) atoms. The average Bonchev–Trinajstić information content (AvgIpc) is 3.43. The number of nitrogens with one attached hydrogen (secondary N) is 1. The Hall–Kier alpha value is -2.43. The summed E-state index contributed by atoms with van der Waals surface area (Å²) in [6.07, 6.45) is 0.771. The minimum Gasteiger partial charge on any atom is -0.370 e. The van der Waals surface area contributed by atoms with Crippen LogP contribution in [0.4, 0.5) is 14.5 Å². The first-order valence-corrected chi connectivity index (χ1v) is 9.10. The van der Waals surface area contributed by atoms with Crippen LogP contribution in [0.25, 0.3) is 0 Å². The van der Waals surface area contributed by atoms with Gasteiger partial charge in [-0.25, -0.2) is 8.78 Å². The predicted molar refractivity (Wildman–Crippen MR) is 99.1 cm³/mol. The molecule has 0 aliphatic heterocycles. The number of hydrogen-bond acceptors (Lipinski definition) is 2. The van der Waals surface area contributed by atoms with Gasteiger partial charge in [-0.2, -0.15) is 0 Å². The lowest BCUT2D eigenvalue weighted by Crippen LogP contribution is -2.25. The van der Waals surface area contributed by atoms with Crippen molar-refractivity contribution < 1.29 is 13.6 Å². The van der Waals surface area contributed by atoms with Crippen LogP contribution in [0.3, 0.4) is 0 Å². The van der Waals surface area contributed by atoms with Crippen molar-refractivity contribution in [1.82, 2.24) is 5.32 Å². The molecule has 0 aromatic heterocycles. The molecule has 0 heterocycles. The molecule has 1 aliphatic carbocycles. The van der Waals surface area contributed by atoms with Gasteiger partial charge in [0.15, 0.2) is 0 Å². The Labute approximate surface area is 153 Å². The fourth-order valence-corrected chi connectivity index (χ4v) is 3.36. The summed E-state index contributed by atoms with van der Waals surface area (Å²) >= 11 is 0. The second kappa shape index (κ2) is 7.85. The van der Waals surface area contributed by atoms with Gasteiger partial charge in [0.2, 0.25) is 5.91 Å². The highest BCUT2D eigenvalue weighted by atomic mass is 19.1. The van der Waals surface area contributed by atoms with Gasteiger partial charge in [0.1, 0.15) is 11.6 Å². The van der Waals surface area contributed by atoms with E-state index in [-0.39, 0.29) is 29.4 Å². The molecule has 5 heteroatoms. The van der Waals surface area contributed by atoms with E-state index in [0.29, 0.717) is 12.2 Å². The van der Waals surface area contributed by atoms with Gasteiger partial charge >= 0.3 is 0 Å². The van der Waals surface area contributed by atoms with Crippen LogP contribution in [-0.4, -0.2) is 19.0 Å². The second-order valence-corrected chi connectivity index (χ2v) is 6.68. The van der Waals surface area contributed by atoms with Crippen LogP contribution in [0, 0.1) is 17.6 Å². The van der Waals surface area contributed by atoms with Gasteiger partial charge < -0.3 is 10.2 Å². The molecular formula is C21H24F2N2O. The van der Waals surface area contributed by atoms with Crippen molar-refractivity contribution in [3.63, 3.8) is 0 Å². The third kappa shape index (κ3) is 4.03. The molecule has 1 saturated carbocycles. The van der Waals surface area contributed by atoms with Gasteiger partial charge in [-0.1, -0.05) is 18.2 Å². The number of amides is 1. The van der Waals surface area contributed by atoms with Crippen LogP contribution in [0.2, 0.25) is 0 Å². The fraction of sp³-hybridized carbons (Fsp3) is 0.381. The summed E-state index contributed by atoms with van der Waals surface area (Å²) in [5, 5.41) is 2.88. The number of anilines is 1. The fourth-order valence-electron chi connectivity index (χ4n) is 3.36. The Balaban J connectivity index is 1.55. The quantitative estimate of drug-likeness (QED) is 0.803. The molecular weight excluding hydrogens is 334 g/mol. The summed E-state index contributed by atoms with van der Waals surface area (Å²) < 4.78 is 27.3. The first-order chi connectivity index (χ1) is 12.5. The lowest BCUT2D eigenvalue weighted by atomic mass is 10.1. The summed E-state index contributed by atoms with van der Waals surface area (Å²) in [4.78, 5) is 14.2. The van der Waals surface area contributed by atoms with E-state index >= 15 is 0 Å². The van der Waals surface area contributed by atoms with Gasteiger partial charge in [0.05, 0.1) is 5.69 Å². The summed E-state index contributed by atoms with van der Waals surface area (Å²) in [5.41, 5.74) is 2.32. The Morgan fingerprint density at radius 1 is 1.12 bits per heavy atom. The van der Waals surface area contributed by atoms with Crippen molar-refractivity contribution in [3.05, 3.63) is 65.2 Å². The molecule has 1 amide bonds. The highest BCUT2D eigenvalue weighted by Gasteiger charge is 2.43. The minimum absolute atomic E-state index is 0.0347. The molecule has 0 bridgehead atoms. The molecule has 1 aliphatic rings. The lowest BCUT2D eigenvalue weighted by Gasteiger charge is -2.22. The first kappa shape index (κ1) is 18.4. The molecule has 1 N–H and O–H groups in total. The first-order valence-electron chi connectivity index (χ1n) is 9.10. The van der Waals surface area contributed by atoms with Crippen molar-refractivity contribution in [1.29, 1.82) is 0 Å². The van der Waals surface area contributed by atoms with Crippen molar-refractivity contribution in [2.75, 3.05) is 18.0 Å². The van der Waals surface area contributed by atoms with E-state index in [0.717, 1.165) is 30.6 Å². The molecule has 2 aromatic rings. The van der Waals surface area contributed by atoms with Crippen molar-refractivity contribution in [3.8, 4) is 0 Å². The maximum atomic E-state index is 14.3. The molecule has 0 radical (unpaired) electrons. The van der Waals surface area contributed by atoms with Crippen LogP contribution in [0.5, 0.6) is 0 Å². The number of carbonyl (C=O) groups excluding carboxylic acids is 1. The number of carbonyl (C=O) groups is 1. The predicted octanol–water partition coefficient (Wildman–Crippen LogP) is 4.23. The molecule has 2 aromatic carbocycles. The zero-order chi connectivity index (χ0) is 18.7. The Morgan fingerprint density at radius 3 is 2.42 bits per heavy atom. The Bertz CT molecular complexity index is 772. The largest absolute Gasteiger partial charge is 0.370 e. The standard InChI is InChI=1S/C21H24F2N2O/c1-3-25(4-2)20-10-5-14(11-19(20)23)13-24-21(26)18-12-17(18)15-6-8-16(22)9-7-15/h5-11,17-18H,3-4,12-13H2,1-2H3,(H,24,26). The second-order valence-electron chi connectivity index (χ2n) is 6.68. The number of hydrogen-bond donors (Lipinski definition) is 1. The topological polar surface area (TPSA) is 32.3 Å². The number of rotatable bonds is 7. The molecule has 0 saturated heterocycles. The Kier molecular flexibility index (Phi) is 5.55. The molecule has 3 nitrogen and oxygen atoms in total. The molecule has 0 spiro atoms. The zero-order valence-corrected chi connectivity index (χ0v) is 15.1.